The molecule has 0 aliphatic rings. The van der Waals surface area contributed by atoms with Gasteiger partial charge in [0.15, 0.2) is 6.29 Å². The smallest absolute Gasteiger partial charge is 0.153 e. The van der Waals surface area contributed by atoms with Gasteiger partial charge in [0.05, 0.1) is 17.7 Å². The Morgan fingerprint density at radius 3 is 3.00 bits per heavy atom. The average Bonchev–Trinajstić information content (AvgIpc) is 2.38. The Hall–Kier alpha value is -1.94. The molecular formula is C13H14N2O2. The first-order chi connectivity index (χ1) is 8.35. The lowest BCUT2D eigenvalue weighted by Crippen LogP contribution is -2.10. The van der Waals surface area contributed by atoms with Gasteiger partial charge in [-0.05, 0) is 12.1 Å². The topological polar surface area (TPSA) is 51.2 Å². The van der Waals surface area contributed by atoms with Gasteiger partial charge < -0.3 is 10.1 Å². The van der Waals surface area contributed by atoms with Crippen LogP contribution in [0.1, 0.15) is 10.4 Å². The van der Waals surface area contributed by atoms with Gasteiger partial charge >= 0.3 is 0 Å². The van der Waals surface area contributed by atoms with Crippen molar-refractivity contribution in [2.24, 2.45) is 0 Å². The van der Waals surface area contributed by atoms with Crippen molar-refractivity contribution in [3.05, 3.63) is 35.9 Å². The number of aromatic nitrogens is 1. The minimum absolute atomic E-state index is 0.569. The van der Waals surface area contributed by atoms with Crippen LogP contribution in [0, 0.1) is 0 Å². The first kappa shape index (κ1) is 11.5. The lowest BCUT2D eigenvalue weighted by Gasteiger charge is -2.08. The highest BCUT2D eigenvalue weighted by Gasteiger charge is 2.05. The quantitative estimate of drug-likeness (QED) is 0.631. The van der Waals surface area contributed by atoms with Crippen LogP contribution in [0.5, 0.6) is 0 Å². The summed E-state index contributed by atoms with van der Waals surface area (Å²) in [6, 6.07) is 9.55. The number of carbonyl (C=O) groups is 1. The Morgan fingerprint density at radius 2 is 2.24 bits per heavy atom. The normalized spacial score (nSPS) is 10.4. The van der Waals surface area contributed by atoms with Crippen LogP contribution in [0.15, 0.2) is 30.3 Å². The molecule has 0 radical (unpaired) electrons. The second-order valence-electron chi connectivity index (χ2n) is 3.66. The van der Waals surface area contributed by atoms with E-state index in [0.717, 1.165) is 17.2 Å². The van der Waals surface area contributed by atoms with Crippen LogP contribution >= 0.6 is 0 Å². The highest BCUT2D eigenvalue weighted by molar-refractivity contribution is 5.91. The van der Waals surface area contributed by atoms with Crippen LogP contribution < -0.4 is 5.32 Å². The third kappa shape index (κ3) is 2.60. The fraction of sp³-hybridized carbons (Fsp3) is 0.231. The molecule has 1 aromatic heterocycles. The van der Waals surface area contributed by atoms with E-state index in [1.54, 1.807) is 7.11 Å². The van der Waals surface area contributed by atoms with E-state index in [-0.39, 0.29) is 0 Å². The number of hydrogen-bond donors (Lipinski definition) is 1. The molecule has 0 fully saturated rings. The molecule has 1 heterocycles. The maximum atomic E-state index is 11.0. The first-order valence-electron chi connectivity index (χ1n) is 5.43. The third-order valence-electron chi connectivity index (χ3n) is 2.48. The standard InChI is InChI=1S/C13H14N2O2/c1-17-7-6-14-13-11(9-16)8-10-4-2-3-5-12(10)15-13/h2-5,8-9H,6-7H2,1H3,(H,14,15). The van der Waals surface area contributed by atoms with E-state index in [2.05, 4.69) is 10.3 Å². The number of rotatable bonds is 5. The predicted octanol–water partition coefficient (Wildman–Crippen LogP) is 2.11. The Bertz CT molecular complexity index is 526. The van der Waals surface area contributed by atoms with Crippen molar-refractivity contribution in [3.8, 4) is 0 Å². The van der Waals surface area contributed by atoms with E-state index in [9.17, 15) is 4.79 Å². The first-order valence-corrected chi connectivity index (χ1v) is 5.43. The lowest BCUT2D eigenvalue weighted by molar-refractivity contribution is 0.112. The molecule has 0 spiro atoms. The number of carbonyl (C=O) groups excluding carboxylic acids is 1. The molecular weight excluding hydrogens is 216 g/mol. The number of para-hydroxylation sites is 1. The summed E-state index contributed by atoms with van der Waals surface area (Å²) in [6.07, 6.45) is 0.814. The minimum Gasteiger partial charge on any atom is -0.383 e. The second kappa shape index (κ2) is 5.41. The molecule has 1 aromatic carbocycles. The highest BCUT2D eigenvalue weighted by Crippen LogP contribution is 2.18. The van der Waals surface area contributed by atoms with Gasteiger partial charge in [0.2, 0.25) is 0 Å². The summed E-state index contributed by atoms with van der Waals surface area (Å²) in [4.78, 5) is 15.4. The average molecular weight is 230 g/mol. The molecule has 88 valence electrons. The molecule has 0 bridgehead atoms. The zero-order chi connectivity index (χ0) is 12.1. The van der Waals surface area contributed by atoms with Gasteiger partial charge in [-0.25, -0.2) is 4.98 Å². The summed E-state index contributed by atoms with van der Waals surface area (Å²) < 4.78 is 4.95. The Kier molecular flexibility index (Phi) is 3.67. The molecule has 17 heavy (non-hydrogen) atoms. The van der Waals surface area contributed by atoms with Gasteiger partial charge in [0, 0.05) is 19.0 Å². The van der Waals surface area contributed by atoms with Crippen molar-refractivity contribution in [3.63, 3.8) is 0 Å². The number of ether oxygens (including phenoxy) is 1. The van der Waals surface area contributed by atoms with Crippen molar-refractivity contribution >= 4 is 23.0 Å². The Morgan fingerprint density at radius 1 is 1.41 bits per heavy atom. The maximum Gasteiger partial charge on any atom is 0.153 e. The second-order valence-corrected chi connectivity index (χ2v) is 3.66. The summed E-state index contributed by atoms with van der Waals surface area (Å²) in [7, 11) is 1.64. The SMILES string of the molecule is COCCNc1nc2ccccc2cc1C=O. The zero-order valence-corrected chi connectivity index (χ0v) is 9.64. The molecule has 4 heteroatoms. The maximum absolute atomic E-state index is 11.0. The summed E-state index contributed by atoms with van der Waals surface area (Å²) in [6.45, 7) is 1.20. The van der Waals surface area contributed by atoms with Crippen LogP contribution in [0.3, 0.4) is 0 Å². The number of nitrogens with one attached hydrogen (secondary N) is 1. The molecule has 0 amide bonds. The van der Waals surface area contributed by atoms with Gasteiger partial charge in [0.25, 0.3) is 0 Å². The number of hydrogen-bond acceptors (Lipinski definition) is 4. The molecule has 0 aliphatic heterocycles. The van der Waals surface area contributed by atoms with Gasteiger partial charge in [0.1, 0.15) is 5.82 Å². The van der Waals surface area contributed by atoms with E-state index >= 15 is 0 Å². The van der Waals surface area contributed by atoms with E-state index in [1.807, 2.05) is 30.3 Å². The molecule has 0 saturated heterocycles. The van der Waals surface area contributed by atoms with Crippen LogP contribution in [0.4, 0.5) is 5.82 Å². The summed E-state index contributed by atoms with van der Waals surface area (Å²) in [5, 5.41) is 4.05. The van der Waals surface area contributed by atoms with Crippen molar-refractivity contribution in [1.29, 1.82) is 0 Å². The predicted molar refractivity (Wildman–Crippen MR) is 67.5 cm³/mol. The van der Waals surface area contributed by atoms with Crippen LogP contribution in [0.25, 0.3) is 10.9 Å². The van der Waals surface area contributed by atoms with E-state index < -0.39 is 0 Å². The Labute approximate surface area is 99.6 Å². The third-order valence-corrected chi connectivity index (χ3v) is 2.48. The molecule has 0 saturated carbocycles. The number of anilines is 1. The van der Waals surface area contributed by atoms with E-state index in [1.165, 1.54) is 0 Å². The van der Waals surface area contributed by atoms with Crippen LogP contribution in [0.2, 0.25) is 0 Å². The molecule has 1 N–H and O–H groups in total. The zero-order valence-electron chi connectivity index (χ0n) is 9.64. The number of pyridine rings is 1. The number of fused-ring (bicyclic) bond motifs is 1. The van der Waals surface area contributed by atoms with Gasteiger partial charge in [-0.2, -0.15) is 0 Å². The molecule has 0 aliphatic carbocycles. The van der Waals surface area contributed by atoms with E-state index in [0.29, 0.717) is 24.5 Å². The van der Waals surface area contributed by atoms with Crippen LogP contribution in [-0.2, 0) is 4.74 Å². The number of aldehydes is 1. The molecule has 2 aromatic rings. The van der Waals surface area contributed by atoms with E-state index in [4.69, 9.17) is 4.74 Å². The number of benzene rings is 1. The monoisotopic (exact) mass is 230 g/mol. The van der Waals surface area contributed by atoms with Crippen molar-refractivity contribution in [2.75, 3.05) is 25.6 Å². The molecule has 0 atom stereocenters. The van der Waals surface area contributed by atoms with Crippen molar-refractivity contribution < 1.29 is 9.53 Å². The fourth-order valence-corrected chi connectivity index (χ4v) is 1.64. The number of nitrogens with zero attached hydrogens (tertiary/aromatic N) is 1. The van der Waals surface area contributed by atoms with Crippen molar-refractivity contribution in [2.45, 2.75) is 0 Å². The summed E-state index contributed by atoms with van der Waals surface area (Å²) in [5.41, 5.74) is 1.44. The highest BCUT2D eigenvalue weighted by atomic mass is 16.5. The van der Waals surface area contributed by atoms with Crippen LogP contribution in [-0.4, -0.2) is 31.5 Å². The summed E-state index contributed by atoms with van der Waals surface area (Å²) in [5.74, 6) is 0.607. The lowest BCUT2D eigenvalue weighted by atomic mass is 10.1. The molecule has 0 unspecified atom stereocenters. The van der Waals surface area contributed by atoms with Gasteiger partial charge in [-0.15, -0.1) is 0 Å². The minimum atomic E-state index is 0.569. The largest absolute Gasteiger partial charge is 0.383 e. The van der Waals surface area contributed by atoms with Gasteiger partial charge in [-0.3, -0.25) is 4.79 Å². The molecule has 4 nitrogen and oxygen atoms in total. The fourth-order valence-electron chi connectivity index (χ4n) is 1.64. The summed E-state index contributed by atoms with van der Waals surface area (Å²) >= 11 is 0. The number of methoxy groups -OCH3 is 1. The van der Waals surface area contributed by atoms with Gasteiger partial charge in [-0.1, -0.05) is 18.2 Å². The molecule has 2 rings (SSSR count). The Balaban J connectivity index is 2.35. The van der Waals surface area contributed by atoms with Crippen molar-refractivity contribution in [1.82, 2.24) is 4.98 Å².